The number of methoxy groups -OCH3 is 1. The molecule has 2 heterocycles. The number of esters is 1. The Balaban J connectivity index is 1.49. The molecule has 0 spiro atoms. The summed E-state index contributed by atoms with van der Waals surface area (Å²) in [6.45, 7) is 5.61. The lowest BCUT2D eigenvalue weighted by atomic mass is 9.48. The maximum atomic E-state index is 12.8. The molecule has 2 atom stereocenters. The van der Waals surface area contributed by atoms with Crippen LogP contribution >= 0.6 is 0 Å². The van der Waals surface area contributed by atoms with Gasteiger partial charge in [-0.2, -0.15) is 0 Å². The Bertz CT molecular complexity index is 743. The standard InChI is InChI=1S/C19H23NO5/c1-18(2)9-19(17(22)23-3)10-20(8-15(18)19)16(21)7-12-4-5-13-14(6-12)25-11-24-13/h4-6,15H,7-11H2,1-3H3/t15-,19+/m1/s1. The van der Waals surface area contributed by atoms with Gasteiger partial charge in [0.05, 0.1) is 18.9 Å². The van der Waals surface area contributed by atoms with Crippen molar-refractivity contribution in [2.45, 2.75) is 26.7 Å². The molecule has 6 nitrogen and oxygen atoms in total. The maximum absolute atomic E-state index is 12.8. The van der Waals surface area contributed by atoms with Gasteiger partial charge in [0.15, 0.2) is 11.5 Å². The molecular weight excluding hydrogens is 322 g/mol. The Morgan fingerprint density at radius 2 is 2.04 bits per heavy atom. The number of carbonyl (C=O) groups is 2. The van der Waals surface area contributed by atoms with E-state index in [1.807, 2.05) is 23.1 Å². The Morgan fingerprint density at radius 3 is 2.76 bits per heavy atom. The number of benzene rings is 1. The van der Waals surface area contributed by atoms with E-state index in [4.69, 9.17) is 14.2 Å². The molecular formula is C19H23NO5. The summed E-state index contributed by atoms with van der Waals surface area (Å²) in [5.74, 6) is 1.40. The maximum Gasteiger partial charge on any atom is 0.314 e. The second kappa shape index (κ2) is 5.38. The van der Waals surface area contributed by atoms with Crippen LogP contribution in [0, 0.1) is 16.7 Å². The van der Waals surface area contributed by atoms with E-state index in [9.17, 15) is 9.59 Å². The van der Waals surface area contributed by atoms with Gasteiger partial charge in [-0.1, -0.05) is 19.9 Å². The van der Waals surface area contributed by atoms with Crippen molar-refractivity contribution in [3.63, 3.8) is 0 Å². The molecule has 0 unspecified atom stereocenters. The van der Waals surface area contributed by atoms with Crippen molar-refractivity contribution in [3.05, 3.63) is 23.8 Å². The van der Waals surface area contributed by atoms with Crippen molar-refractivity contribution in [1.29, 1.82) is 0 Å². The summed E-state index contributed by atoms with van der Waals surface area (Å²) in [6, 6.07) is 5.57. The lowest BCUT2D eigenvalue weighted by Gasteiger charge is -2.54. The molecule has 6 heteroatoms. The monoisotopic (exact) mass is 345 g/mol. The molecule has 1 aromatic rings. The molecule has 0 N–H and O–H groups in total. The molecule has 4 rings (SSSR count). The first-order valence-corrected chi connectivity index (χ1v) is 8.60. The Morgan fingerprint density at radius 1 is 1.28 bits per heavy atom. The third-order valence-corrected chi connectivity index (χ3v) is 5.99. The molecule has 2 aliphatic heterocycles. The van der Waals surface area contributed by atoms with Gasteiger partial charge in [-0.25, -0.2) is 0 Å². The smallest absolute Gasteiger partial charge is 0.314 e. The van der Waals surface area contributed by atoms with E-state index in [2.05, 4.69) is 13.8 Å². The number of nitrogens with zero attached hydrogens (tertiary/aromatic N) is 1. The predicted molar refractivity (Wildman–Crippen MR) is 89.2 cm³/mol. The van der Waals surface area contributed by atoms with Gasteiger partial charge in [-0.05, 0) is 35.4 Å². The van der Waals surface area contributed by atoms with E-state index >= 15 is 0 Å². The number of likely N-dealkylation sites (tertiary alicyclic amines) is 1. The molecule has 3 aliphatic rings. The molecule has 2 fully saturated rings. The van der Waals surface area contributed by atoms with E-state index in [1.165, 1.54) is 7.11 Å². The number of carbonyl (C=O) groups excluding carboxylic acids is 2. The fourth-order valence-electron chi connectivity index (χ4n) is 4.90. The lowest BCUT2D eigenvalue weighted by Crippen LogP contribution is -2.57. The van der Waals surface area contributed by atoms with Crippen molar-refractivity contribution in [2.75, 3.05) is 27.0 Å². The van der Waals surface area contributed by atoms with Crippen LogP contribution in [0.15, 0.2) is 18.2 Å². The highest BCUT2D eigenvalue weighted by molar-refractivity contribution is 5.84. The van der Waals surface area contributed by atoms with E-state index in [1.54, 1.807) is 0 Å². The minimum atomic E-state index is -0.525. The second-order valence-corrected chi connectivity index (χ2v) is 8.00. The fourth-order valence-corrected chi connectivity index (χ4v) is 4.90. The number of fused-ring (bicyclic) bond motifs is 2. The van der Waals surface area contributed by atoms with Gasteiger partial charge in [0.25, 0.3) is 0 Å². The van der Waals surface area contributed by atoms with Crippen LogP contribution in [0.4, 0.5) is 0 Å². The summed E-state index contributed by atoms with van der Waals surface area (Å²) in [5.41, 5.74) is 0.421. The summed E-state index contributed by atoms with van der Waals surface area (Å²) in [4.78, 5) is 27.0. The summed E-state index contributed by atoms with van der Waals surface area (Å²) in [7, 11) is 1.43. The first-order valence-electron chi connectivity index (χ1n) is 8.60. The Labute approximate surface area is 147 Å². The topological polar surface area (TPSA) is 65.1 Å². The zero-order chi connectivity index (χ0) is 17.8. The van der Waals surface area contributed by atoms with Gasteiger partial charge in [0, 0.05) is 13.1 Å². The zero-order valence-electron chi connectivity index (χ0n) is 14.8. The molecule has 1 aliphatic carbocycles. The van der Waals surface area contributed by atoms with Crippen molar-refractivity contribution >= 4 is 11.9 Å². The quantitative estimate of drug-likeness (QED) is 0.784. The average molecular weight is 345 g/mol. The molecule has 0 aromatic heterocycles. The zero-order valence-corrected chi connectivity index (χ0v) is 14.8. The van der Waals surface area contributed by atoms with Crippen LogP contribution in [-0.2, 0) is 20.7 Å². The number of amides is 1. The van der Waals surface area contributed by atoms with Crippen LogP contribution in [0.1, 0.15) is 25.8 Å². The molecule has 1 aromatic carbocycles. The van der Waals surface area contributed by atoms with E-state index in [0.717, 1.165) is 12.0 Å². The van der Waals surface area contributed by atoms with Crippen LogP contribution < -0.4 is 9.47 Å². The van der Waals surface area contributed by atoms with Crippen LogP contribution in [0.3, 0.4) is 0 Å². The van der Waals surface area contributed by atoms with Crippen LogP contribution in [0.5, 0.6) is 11.5 Å². The van der Waals surface area contributed by atoms with E-state index in [-0.39, 0.29) is 30.0 Å². The third kappa shape index (κ3) is 2.38. The van der Waals surface area contributed by atoms with Crippen LogP contribution in [0.25, 0.3) is 0 Å². The van der Waals surface area contributed by atoms with Gasteiger partial charge in [-0.3, -0.25) is 9.59 Å². The van der Waals surface area contributed by atoms with Crippen LogP contribution in [-0.4, -0.2) is 43.8 Å². The van der Waals surface area contributed by atoms with Crippen LogP contribution in [0.2, 0.25) is 0 Å². The number of ether oxygens (including phenoxy) is 3. The second-order valence-electron chi connectivity index (χ2n) is 8.00. The molecule has 1 saturated heterocycles. The van der Waals surface area contributed by atoms with Crippen molar-refractivity contribution in [2.24, 2.45) is 16.7 Å². The van der Waals surface area contributed by atoms with Crippen molar-refractivity contribution < 1.29 is 23.8 Å². The number of rotatable bonds is 3. The molecule has 0 radical (unpaired) electrons. The van der Waals surface area contributed by atoms with Gasteiger partial charge in [0.1, 0.15) is 0 Å². The minimum absolute atomic E-state index is 0.0346. The van der Waals surface area contributed by atoms with Gasteiger partial charge >= 0.3 is 5.97 Å². The van der Waals surface area contributed by atoms with Gasteiger partial charge in [0.2, 0.25) is 12.7 Å². The van der Waals surface area contributed by atoms with Gasteiger partial charge < -0.3 is 19.1 Å². The predicted octanol–water partition coefficient (Wildman–Crippen LogP) is 2.01. The highest BCUT2D eigenvalue weighted by atomic mass is 16.7. The van der Waals surface area contributed by atoms with Gasteiger partial charge in [-0.15, -0.1) is 0 Å². The molecule has 0 bridgehead atoms. The third-order valence-electron chi connectivity index (χ3n) is 5.99. The molecule has 1 saturated carbocycles. The largest absolute Gasteiger partial charge is 0.469 e. The Kier molecular flexibility index (Phi) is 3.49. The summed E-state index contributed by atoms with van der Waals surface area (Å²) in [5, 5.41) is 0. The molecule has 134 valence electrons. The highest BCUT2D eigenvalue weighted by Crippen LogP contribution is 2.63. The minimum Gasteiger partial charge on any atom is -0.469 e. The number of hydrogen-bond donors (Lipinski definition) is 0. The highest BCUT2D eigenvalue weighted by Gasteiger charge is 2.67. The van der Waals surface area contributed by atoms with E-state index < -0.39 is 5.41 Å². The Hall–Kier alpha value is -2.24. The summed E-state index contributed by atoms with van der Waals surface area (Å²) in [6.07, 6.45) is 1.06. The summed E-state index contributed by atoms with van der Waals surface area (Å²) < 4.78 is 15.7. The van der Waals surface area contributed by atoms with Crippen molar-refractivity contribution in [3.8, 4) is 11.5 Å². The molecule has 1 amide bonds. The lowest BCUT2D eigenvalue weighted by molar-refractivity contribution is -0.174. The first kappa shape index (κ1) is 16.2. The summed E-state index contributed by atoms with van der Waals surface area (Å²) >= 11 is 0. The molecule has 25 heavy (non-hydrogen) atoms. The SMILES string of the molecule is COC(=O)[C@@]12CN(C(=O)Cc3ccc4c(c3)OCO4)C[C@@H]1C(C)(C)C2. The van der Waals surface area contributed by atoms with Crippen molar-refractivity contribution in [1.82, 2.24) is 4.90 Å². The first-order chi connectivity index (χ1) is 11.9. The number of hydrogen-bond acceptors (Lipinski definition) is 5. The average Bonchev–Trinajstić information content (AvgIpc) is 3.16. The fraction of sp³-hybridized carbons (Fsp3) is 0.579. The van der Waals surface area contributed by atoms with E-state index in [0.29, 0.717) is 31.0 Å². The normalized spacial score (nSPS) is 28.3.